The lowest BCUT2D eigenvalue weighted by Crippen LogP contribution is -2.21. The number of hydrogen-bond donors (Lipinski definition) is 0. The first kappa shape index (κ1) is 18.0. The van der Waals surface area contributed by atoms with Crippen LogP contribution >= 0.6 is 11.8 Å². The van der Waals surface area contributed by atoms with Crippen molar-refractivity contribution < 1.29 is 13.9 Å². The molecule has 0 atom stereocenters. The molecule has 1 aromatic carbocycles. The predicted molar refractivity (Wildman–Crippen MR) is 103 cm³/mol. The van der Waals surface area contributed by atoms with E-state index in [4.69, 9.17) is 13.9 Å². The molecule has 4 rings (SSSR count). The number of pyridine rings is 1. The van der Waals surface area contributed by atoms with Crippen LogP contribution in [0.3, 0.4) is 0 Å². The van der Waals surface area contributed by atoms with Gasteiger partial charge in [0.2, 0.25) is 5.89 Å². The number of thioether (sulfide) groups is 1. The van der Waals surface area contributed by atoms with Gasteiger partial charge in [0.05, 0.1) is 6.61 Å². The van der Waals surface area contributed by atoms with Crippen LogP contribution < -0.4 is 4.74 Å². The molecular weight excluding hydrogens is 362 g/mol. The maximum absolute atomic E-state index is 5.91. The summed E-state index contributed by atoms with van der Waals surface area (Å²) in [5, 5.41) is 8.74. The van der Waals surface area contributed by atoms with Gasteiger partial charge in [-0.25, -0.2) is 0 Å². The molecule has 27 heavy (non-hydrogen) atoms. The molecule has 3 heterocycles. The summed E-state index contributed by atoms with van der Waals surface area (Å²) in [6, 6.07) is 11.9. The van der Waals surface area contributed by atoms with Crippen LogP contribution in [0.4, 0.5) is 0 Å². The summed E-state index contributed by atoms with van der Waals surface area (Å²) in [6.07, 6.45) is 5.58. The third kappa shape index (κ3) is 5.08. The highest BCUT2D eigenvalue weighted by Crippen LogP contribution is 2.26. The molecule has 0 amide bonds. The highest BCUT2D eigenvalue weighted by Gasteiger charge is 2.14. The fraction of sp³-hybridized carbons (Fsp3) is 0.350. The third-order valence-electron chi connectivity index (χ3n) is 4.45. The Labute approximate surface area is 162 Å². The van der Waals surface area contributed by atoms with Crippen molar-refractivity contribution in [3.8, 4) is 17.2 Å². The summed E-state index contributed by atoms with van der Waals surface area (Å²) < 4.78 is 17.0. The molecule has 0 spiro atoms. The number of nitrogens with zero attached hydrogens (tertiary/aromatic N) is 3. The van der Waals surface area contributed by atoms with Crippen molar-refractivity contribution >= 4 is 11.8 Å². The van der Waals surface area contributed by atoms with Crippen LogP contribution in [0.15, 0.2) is 58.4 Å². The van der Waals surface area contributed by atoms with Gasteiger partial charge >= 0.3 is 0 Å². The molecule has 7 heteroatoms. The molecule has 1 aliphatic heterocycles. The smallest absolute Gasteiger partial charge is 0.277 e. The molecule has 2 aromatic heterocycles. The van der Waals surface area contributed by atoms with Gasteiger partial charge in [-0.05, 0) is 48.6 Å². The van der Waals surface area contributed by atoms with E-state index < -0.39 is 0 Å². The maximum Gasteiger partial charge on any atom is 0.277 e. The lowest BCUT2D eigenvalue weighted by atomic mass is 10.0. The summed E-state index contributed by atoms with van der Waals surface area (Å²) >= 11 is 1.52. The van der Waals surface area contributed by atoms with Crippen LogP contribution in [0.5, 0.6) is 5.75 Å². The number of hydrogen-bond acceptors (Lipinski definition) is 7. The molecule has 3 aromatic rings. The highest BCUT2D eigenvalue weighted by atomic mass is 32.2. The van der Waals surface area contributed by atoms with Crippen LogP contribution in [-0.4, -0.2) is 35.0 Å². The largest absolute Gasteiger partial charge is 0.493 e. The standard InChI is InChI=1S/C20H21N3O3S/c1-3-18(25-13-15-7-11-24-12-8-15)4-2-16(1)14-27-20-23-22-19(26-20)17-5-9-21-10-6-17/h1-6,9-10,15H,7-8,11-14H2. The Morgan fingerprint density at radius 3 is 2.56 bits per heavy atom. The van der Waals surface area contributed by atoms with Crippen molar-refractivity contribution in [2.75, 3.05) is 19.8 Å². The van der Waals surface area contributed by atoms with Gasteiger partial charge < -0.3 is 13.9 Å². The number of aromatic nitrogens is 3. The monoisotopic (exact) mass is 383 g/mol. The van der Waals surface area contributed by atoms with Gasteiger partial charge in [0.15, 0.2) is 0 Å². The third-order valence-corrected chi connectivity index (χ3v) is 5.34. The van der Waals surface area contributed by atoms with Crippen molar-refractivity contribution in [3.05, 3.63) is 54.4 Å². The minimum atomic E-state index is 0.511. The number of rotatable bonds is 7. The normalized spacial score (nSPS) is 15.0. The molecule has 140 valence electrons. The van der Waals surface area contributed by atoms with E-state index in [1.807, 2.05) is 24.3 Å². The molecule has 0 bridgehead atoms. The molecule has 1 aliphatic rings. The second-order valence-corrected chi connectivity index (χ2v) is 7.33. The molecule has 0 saturated carbocycles. The Kier molecular flexibility index (Phi) is 6.01. The zero-order valence-corrected chi connectivity index (χ0v) is 15.7. The first-order valence-corrected chi connectivity index (χ1v) is 10.0. The van der Waals surface area contributed by atoms with Crippen LogP contribution in [0.1, 0.15) is 18.4 Å². The molecule has 0 unspecified atom stereocenters. The highest BCUT2D eigenvalue weighted by molar-refractivity contribution is 7.98. The van der Waals surface area contributed by atoms with Gasteiger partial charge in [-0.2, -0.15) is 0 Å². The van der Waals surface area contributed by atoms with Gasteiger partial charge in [0.1, 0.15) is 5.75 Å². The molecule has 6 nitrogen and oxygen atoms in total. The number of benzene rings is 1. The van der Waals surface area contributed by atoms with Crippen molar-refractivity contribution in [2.24, 2.45) is 5.92 Å². The van der Waals surface area contributed by atoms with Crippen molar-refractivity contribution in [2.45, 2.75) is 23.8 Å². The Bertz CT molecular complexity index is 833. The van der Waals surface area contributed by atoms with Crippen LogP contribution in [0.25, 0.3) is 11.5 Å². The second-order valence-electron chi connectivity index (χ2n) is 6.41. The van der Waals surface area contributed by atoms with E-state index in [2.05, 4.69) is 27.3 Å². The van der Waals surface area contributed by atoms with Crippen LogP contribution in [-0.2, 0) is 10.5 Å². The Balaban J connectivity index is 1.27. The minimum absolute atomic E-state index is 0.511. The zero-order chi connectivity index (χ0) is 18.3. The van der Waals surface area contributed by atoms with E-state index >= 15 is 0 Å². The first-order chi connectivity index (χ1) is 13.4. The van der Waals surface area contributed by atoms with E-state index in [-0.39, 0.29) is 0 Å². The van der Waals surface area contributed by atoms with Crippen molar-refractivity contribution in [1.82, 2.24) is 15.2 Å². The van der Waals surface area contributed by atoms with Crippen LogP contribution in [0.2, 0.25) is 0 Å². The first-order valence-electron chi connectivity index (χ1n) is 9.03. The molecule has 0 aliphatic carbocycles. The van der Waals surface area contributed by atoms with Gasteiger partial charge in [-0.1, -0.05) is 23.9 Å². The number of ether oxygens (including phenoxy) is 2. The van der Waals surface area contributed by atoms with E-state index in [0.717, 1.165) is 49.7 Å². The van der Waals surface area contributed by atoms with Gasteiger partial charge in [0.25, 0.3) is 5.22 Å². The Hall–Kier alpha value is -2.38. The Morgan fingerprint density at radius 2 is 1.78 bits per heavy atom. The lowest BCUT2D eigenvalue weighted by Gasteiger charge is -2.22. The molecule has 1 saturated heterocycles. The summed E-state index contributed by atoms with van der Waals surface area (Å²) in [6.45, 7) is 2.46. The summed E-state index contributed by atoms with van der Waals surface area (Å²) in [7, 11) is 0. The van der Waals surface area contributed by atoms with Gasteiger partial charge in [-0.15, -0.1) is 10.2 Å². The summed E-state index contributed by atoms with van der Waals surface area (Å²) in [4.78, 5) is 3.99. The summed E-state index contributed by atoms with van der Waals surface area (Å²) in [5.74, 6) is 2.78. The molecular formula is C20H21N3O3S. The van der Waals surface area contributed by atoms with Gasteiger partial charge in [0, 0.05) is 36.9 Å². The average Bonchev–Trinajstić information content (AvgIpc) is 3.22. The average molecular weight is 383 g/mol. The summed E-state index contributed by atoms with van der Waals surface area (Å²) in [5.41, 5.74) is 2.05. The van der Waals surface area contributed by atoms with E-state index in [0.29, 0.717) is 17.0 Å². The van der Waals surface area contributed by atoms with Gasteiger partial charge in [-0.3, -0.25) is 4.98 Å². The quantitative estimate of drug-likeness (QED) is 0.565. The molecule has 0 N–H and O–H groups in total. The topological polar surface area (TPSA) is 70.3 Å². The predicted octanol–water partition coefficient (Wildman–Crippen LogP) is 4.23. The van der Waals surface area contributed by atoms with E-state index in [9.17, 15) is 0 Å². The minimum Gasteiger partial charge on any atom is -0.493 e. The zero-order valence-electron chi connectivity index (χ0n) is 14.9. The second kappa shape index (κ2) is 9.01. The Morgan fingerprint density at radius 1 is 1.00 bits per heavy atom. The SMILES string of the molecule is c1cc(-c2nnc(SCc3ccc(OCC4CCOCC4)cc3)o2)ccn1. The maximum atomic E-state index is 5.91. The van der Waals surface area contributed by atoms with E-state index in [1.165, 1.54) is 17.3 Å². The molecule has 1 fully saturated rings. The van der Waals surface area contributed by atoms with Crippen LogP contribution in [0, 0.1) is 5.92 Å². The van der Waals surface area contributed by atoms with Crippen molar-refractivity contribution in [1.29, 1.82) is 0 Å². The lowest BCUT2D eigenvalue weighted by molar-refractivity contribution is 0.0497. The fourth-order valence-corrected chi connectivity index (χ4v) is 3.55. The molecule has 0 radical (unpaired) electrons. The van der Waals surface area contributed by atoms with Crippen molar-refractivity contribution in [3.63, 3.8) is 0 Å². The van der Waals surface area contributed by atoms with E-state index in [1.54, 1.807) is 12.4 Å². The fourth-order valence-electron chi connectivity index (χ4n) is 2.83.